The van der Waals surface area contributed by atoms with Gasteiger partial charge in [0.1, 0.15) is 0 Å². The van der Waals surface area contributed by atoms with Gasteiger partial charge in [0.25, 0.3) is 0 Å². The topological polar surface area (TPSA) is 81.9 Å². The summed E-state index contributed by atoms with van der Waals surface area (Å²) in [6, 6.07) is 0. The Morgan fingerprint density at radius 3 is 1.74 bits per heavy atom. The maximum Gasteiger partial charge on any atom is 0.219 e. The van der Waals surface area contributed by atoms with Crippen molar-refractivity contribution < 1.29 is 17.9 Å². The Morgan fingerprint density at radius 1 is 0.824 bits per heavy atom. The van der Waals surface area contributed by atoms with Gasteiger partial charge in [0.2, 0.25) is 10.0 Å². The summed E-state index contributed by atoms with van der Waals surface area (Å²) in [5.74, 6) is 0.0186. The molecule has 0 rings (SSSR count). The molecule has 0 aliphatic carbocycles. The van der Waals surface area contributed by atoms with Gasteiger partial charge in [-0.05, 0) is 33.2 Å². The molecule has 0 aliphatic rings. The lowest BCUT2D eigenvalue weighted by Crippen LogP contribution is -2.46. The highest BCUT2D eigenvalue weighted by Gasteiger charge is 2.37. The maximum absolute atomic E-state index is 12.9. The summed E-state index contributed by atoms with van der Waals surface area (Å²) in [5.41, 5.74) is 5.61. The molecule has 34 heavy (non-hydrogen) atoms. The van der Waals surface area contributed by atoms with Gasteiger partial charge in [-0.15, -0.1) is 0 Å². The van der Waals surface area contributed by atoms with Crippen LogP contribution >= 0.6 is 0 Å². The molecule has 206 valence electrons. The molecule has 0 saturated carbocycles. The number of hydrogen-bond donors (Lipinski definition) is 1. The number of ether oxygens (including phenoxy) is 2. The monoisotopic (exact) mass is 506 g/mol. The zero-order valence-electron chi connectivity index (χ0n) is 23.3. The standard InChI is InChI=1S/C27H58N2O4S/c1-6-7-8-9-10-11-12-13-14-15-16-17-18-19-22-33-25-26(24-32-5)23-29(4)34(30,31)27(2,3)20-21-28/h26H,6-25,28H2,1-5H3. The Bertz CT molecular complexity index is 555. The van der Waals surface area contributed by atoms with E-state index in [1.54, 1.807) is 28.0 Å². The second kappa shape index (κ2) is 20.9. The predicted octanol–water partition coefficient (Wildman–Crippen LogP) is 6.14. The van der Waals surface area contributed by atoms with Gasteiger partial charge in [0, 0.05) is 33.2 Å². The second-order valence-electron chi connectivity index (χ2n) is 10.6. The van der Waals surface area contributed by atoms with E-state index >= 15 is 0 Å². The van der Waals surface area contributed by atoms with Crippen molar-refractivity contribution in [3.8, 4) is 0 Å². The van der Waals surface area contributed by atoms with E-state index in [-0.39, 0.29) is 5.92 Å². The lowest BCUT2D eigenvalue weighted by Gasteiger charge is -2.32. The Labute approximate surface area is 212 Å². The van der Waals surface area contributed by atoms with Crippen LogP contribution in [-0.2, 0) is 19.5 Å². The zero-order valence-corrected chi connectivity index (χ0v) is 24.1. The van der Waals surface area contributed by atoms with Gasteiger partial charge in [0.05, 0.1) is 18.0 Å². The second-order valence-corrected chi connectivity index (χ2v) is 13.3. The summed E-state index contributed by atoms with van der Waals surface area (Å²) in [6.45, 7) is 8.22. The Morgan fingerprint density at radius 2 is 1.29 bits per heavy atom. The quantitative estimate of drug-likeness (QED) is 0.150. The fourth-order valence-electron chi connectivity index (χ4n) is 4.40. The van der Waals surface area contributed by atoms with Gasteiger partial charge < -0.3 is 15.2 Å². The number of nitrogens with zero attached hydrogens (tertiary/aromatic N) is 1. The van der Waals surface area contributed by atoms with Gasteiger partial charge in [0.15, 0.2) is 0 Å². The lowest BCUT2D eigenvalue weighted by atomic mass is 10.0. The smallest absolute Gasteiger partial charge is 0.219 e. The molecule has 0 aliphatic heterocycles. The van der Waals surface area contributed by atoms with E-state index in [4.69, 9.17) is 15.2 Å². The molecule has 0 aromatic carbocycles. The average Bonchev–Trinajstić information content (AvgIpc) is 2.78. The van der Waals surface area contributed by atoms with Crippen molar-refractivity contribution in [2.75, 3.05) is 47.1 Å². The molecule has 0 spiro atoms. The van der Waals surface area contributed by atoms with Gasteiger partial charge in [-0.2, -0.15) is 0 Å². The molecular weight excluding hydrogens is 448 g/mol. The first kappa shape index (κ1) is 33.8. The molecule has 0 aromatic heterocycles. The van der Waals surface area contributed by atoms with E-state index in [0.29, 0.717) is 32.7 Å². The molecule has 0 bridgehead atoms. The molecule has 0 aromatic rings. The summed E-state index contributed by atoms with van der Waals surface area (Å²) < 4.78 is 37.6. The van der Waals surface area contributed by atoms with Crippen LogP contribution in [0.5, 0.6) is 0 Å². The number of hydrogen-bond acceptors (Lipinski definition) is 5. The van der Waals surface area contributed by atoms with E-state index in [0.717, 1.165) is 13.0 Å². The first-order chi connectivity index (χ1) is 16.2. The van der Waals surface area contributed by atoms with E-state index in [9.17, 15) is 8.42 Å². The first-order valence-corrected chi connectivity index (χ1v) is 15.4. The highest BCUT2D eigenvalue weighted by Crippen LogP contribution is 2.24. The van der Waals surface area contributed by atoms with Crippen molar-refractivity contribution in [2.45, 2.75) is 122 Å². The summed E-state index contributed by atoms with van der Waals surface area (Å²) in [5, 5.41) is 0. The van der Waals surface area contributed by atoms with Crippen LogP contribution in [0.1, 0.15) is 117 Å². The van der Waals surface area contributed by atoms with Gasteiger partial charge in [-0.25, -0.2) is 12.7 Å². The number of unbranched alkanes of at least 4 members (excludes halogenated alkanes) is 13. The summed E-state index contributed by atoms with van der Waals surface area (Å²) in [6.07, 6.45) is 19.2. The van der Waals surface area contributed by atoms with Crippen LogP contribution < -0.4 is 5.73 Å². The normalized spacial score (nSPS) is 13.6. The third-order valence-electron chi connectivity index (χ3n) is 6.77. The fourth-order valence-corrected chi connectivity index (χ4v) is 6.02. The lowest BCUT2D eigenvalue weighted by molar-refractivity contribution is 0.0499. The highest BCUT2D eigenvalue weighted by atomic mass is 32.2. The summed E-state index contributed by atoms with van der Waals surface area (Å²) >= 11 is 0. The van der Waals surface area contributed by atoms with Crippen molar-refractivity contribution in [1.82, 2.24) is 4.31 Å². The van der Waals surface area contributed by atoms with Crippen LogP contribution in [0.3, 0.4) is 0 Å². The van der Waals surface area contributed by atoms with Gasteiger partial charge >= 0.3 is 0 Å². The molecule has 2 N–H and O–H groups in total. The summed E-state index contributed by atoms with van der Waals surface area (Å²) in [7, 11) is -0.144. The largest absolute Gasteiger partial charge is 0.384 e. The summed E-state index contributed by atoms with van der Waals surface area (Å²) in [4.78, 5) is 0. The number of methoxy groups -OCH3 is 1. The molecule has 0 radical (unpaired) electrons. The third-order valence-corrected chi connectivity index (χ3v) is 9.34. The predicted molar refractivity (Wildman–Crippen MR) is 146 cm³/mol. The van der Waals surface area contributed by atoms with Crippen LogP contribution in [0.15, 0.2) is 0 Å². The number of nitrogens with two attached hydrogens (primary N) is 1. The van der Waals surface area contributed by atoms with Crippen molar-refractivity contribution in [3.63, 3.8) is 0 Å². The van der Waals surface area contributed by atoms with Gasteiger partial charge in [-0.3, -0.25) is 0 Å². The molecule has 1 atom stereocenters. The van der Waals surface area contributed by atoms with Crippen molar-refractivity contribution in [1.29, 1.82) is 0 Å². The third kappa shape index (κ3) is 15.7. The van der Waals surface area contributed by atoms with Gasteiger partial charge in [-0.1, -0.05) is 90.4 Å². The van der Waals surface area contributed by atoms with Crippen LogP contribution in [0.4, 0.5) is 0 Å². The van der Waals surface area contributed by atoms with Crippen LogP contribution in [0.2, 0.25) is 0 Å². The molecule has 6 nitrogen and oxygen atoms in total. The number of sulfonamides is 1. The maximum atomic E-state index is 12.9. The fraction of sp³-hybridized carbons (Fsp3) is 1.00. The SMILES string of the molecule is CCCCCCCCCCCCCCCCOCC(COC)CN(C)S(=O)(=O)C(C)(C)CCN. The molecule has 0 amide bonds. The number of rotatable bonds is 25. The van der Waals surface area contributed by atoms with Crippen molar-refractivity contribution in [2.24, 2.45) is 11.7 Å². The molecule has 0 heterocycles. The van der Waals surface area contributed by atoms with Crippen LogP contribution in [0, 0.1) is 5.92 Å². The Kier molecular flexibility index (Phi) is 20.8. The molecular formula is C27H58N2O4S. The molecule has 7 heteroatoms. The van der Waals surface area contributed by atoms with E-state index in [2.05, 4.69) is 6.92 Å². The van der Waals surface area contributed by atoms with E-state index in [1.165, 1.54) is 87.8 Å². The minimum absolute atomic E-state index is 0.0186. The first-order valence-electron chi connectivity index (χ1n) is 14.0. The van der Waals surface area contributed by atoms with Crippen LogP contribution in [0.25, 0.3) is 0 Å². The molecule has 0 saturated heterocycles. The van der Waals surface area contributed by atoms with E-state index < -0.39 is 14.8 Å². The Balaban J connectivity index is 3.86. The minimum Gasteiger partial charge on any atom is -0.384 e. The minimum atomic E-state index is -3.43. The van der Waals surface area contributed by atoms with E-state index in [1.807, 2.05) is 0 Å². The molecule has 1 unspecified atom stereocenters. The molecule has 0 fully saturated rings. The average molecular weight is 507 g/mol. The zero-order chi connectivity index (χ0) is 25.7. The Hall–Kier alpha value is -0.210. The van der Waals surface area contributed by atoms with Crippen molar-refractivity contribution in [3.05, 3.63) is 0 Å². The van der Waals surface area contributed by atoms with Crippen LogP contribution in [-0.4, -0.2) is 64.5 Å². The van der Waals surface area contributed by atoms with Crippen molar-refractivity contribution >= 4 is 10.0 Å². The highest BCUT2D eigenvalue weighted by molar-refractivity contribution is 7.90.